The van der Waals surface area contributed by atoms with Gasteiger partial charge in [-0.2, -0.15) is 0 Å². The minimum atomic E-state index is -0.277. The molecular formula is C18H27ClN4O2. The maximum atomic E-state index is 12.1. The summed E-state index contributed by atoms with van der Waals surface area (Å²) in [4.78, 5) is 27.4. The SMILES string of the molecule is CN(C)C(=O)NCC(=O)NC[C@@H](c1ccc(Cl)cc1)N1CCCCC1. The quantitative estimate of drug-likeness (QED) is 0.811. The summed E-state index contributed by atoms with van der Waals surface area (Å²) in [5.74, 6) is -0.189. The lowest BCUT2D eigenvalue weighted by molar-refractivity contribution is -0.120. The van der Waals surface area contributed by atoms with Gasteiger partial charge in [0, 0.05) is 25.7 Å². The highest BCUT2D eigenvalue weighted by molar-refractivity contribution is 6.30. The number of amides is 3. The number of rotatable bonds is 6. The number of carbonyl (C=O) groups excluding carboxylic acids is 2. The van der Waals surface area contributed by atoms with Gasteiger partial charge in [0.2, 0.25) is 5.91 Å². The number of piperidine rings is 1. The standard InChI is InChI=1S/C18H27ClN4O2/c1-22(2)18(25)21-13-17(24)20-12-16(23-10-4-3-5-11-23)14-6-8-15(19)9-7-14/h6-9,16H,3-5,10-13H2,1-2H3,(H,20,24)(H,21,25)/t16-/m0/s1. The Hall–Kier alpha value is -1.79. The minimum Gasteiger partial charge on any atom is -0.353 e. The Labute approximate surface area is 154 Å². The van der Waals surface area contributed by atoms with Gasteiger partial charge < -0.3 is 15.5 Å². The molecule has 0 saturated carbocycles. The molecule has 3 amide bonds. The molecule has 1 aliphatic heterocycles. The topological polar surface area (TPSA) is 64.7 Å². The van der Waals surface area contributed by atoms with Crippen LogP contribution >= 0.6 is 11.6 Å². The van der Waals surface area contributed by atoms with Gasteiger partial charge in [0.1, 0.15) is 0 Å². The summed E-state index contributed by atoms with van der Waals surface area (Å²) < 4.78 is 0. The molecule has 0 unspecified atom stereocenters. The van der Waals surface area contributed by atoms with Gasteiger partial charge in [0.15, 0.2) is 0 Å². The first-order valence-corrected chi connectivity index (χ1v) is 9.06. The van der Waals surface area contributed by atoms with Gasteiger partial charge >= 0.3 is 6.03 Å². The van der Waals surface area contributed by atoms with Crippen LogP contribution in [0.1, 0.15) is 30.9 Å². The maximum Gasteiger partial charge on any atom is 0.317 e. The lowest BCUT2D eigenvalue weighted by Crippen LogP contribution is -2.45. The second-order valence-corrected chi connectivity index (χ2v) is 6.96. The lowest BCUT2D eigenvalue weighted by Gasteiger charge is -2.35. The number of likely N-dealkylation sites (tertiary alicyclic amines) is 1. The van der Waals surface area contributed by atoms with E-state index in [-0.39, 0.29) is 24.5 Å². The summed E-state index contributed by atoms with van der Waals surface area (Å²) in [5, 5.41) is 6.22. The maximum absolute atomic E-state index is 12.1. The average molecular weight is 367 g/mol. The van der Waals surface area contributed by atoms with Crippen molar-refractivity contribution in [3.05, 3.63) is 34.9 Å². The Balaban J connectivity index is 1.95. The molecule has 0 radical (unpaired) electrons. The van der Waals surface area contributed by atoms with Gasteiger partial charge in [0.25, 0.3) is 0 Å². The molecule has 7 heteroatoms. The summed E-state index contributed by atoms with van der Waals surface area (Å²) >= 11 is 6.00. The molecule has 1 aliphatic rings. The van der Waals surface area contributed by atoms with E-state index in [1.54, 1.807) is 14.1 Å². The third-order valence-electron chi connectivity index (χ3n) is 4.39. The molecule has 138 valence electrons. The number of nitrogens with one attached hydrogen (secondary N) is 2. The van der Waals surface area contributed by atoms with Gasteiger partial charge in [-0.3, -0.25) is 9.69 Å². The van der Waals surface area contributed by atoms with Crippen molar-refractivity contribution in [2.24, 2.45) is 0 Å². The molecule has 1 aromatic rings. The highest BCUT2D eigenvalue weighted by atomic mass is 35.5. The molecule has 2 rings (SSSR count). The van der Waals surface area contributed by atoms with Crippen molar-refractivity contribution in [1.29, 1.82) is 0 Å². The number of hydrogen-bond donors (Lipinski definition) is 2. The van der Waals surface area contributed by atoms with Crippen LogP contribution in [0.15, 0.2) is 24.3 Å². The molecule has 1 aromatic carbocycles. The van der Waals surface area contributed by atoms with Crippen LogP contribution in [0.25, 0.3) is 0 Å². The van der Waals surface area contributed by atoms with E-state index in [2.05, 4.69) is 15.5 Å². The molecule has 6 nitrogen and oxygen atoms in total. The first kappa shape index (κ1) is 19.5. The number of nitrogens with zero attached hydrogens (tertiary/aromatic N) is 2. The van der Waals surface area contributed by atoms with Gasteiger partial charge in [-0.25, -0.2) is 4.79 Å². The van der Waals surface area contributed by atoms with Gasteiger partial charge in [0.05, 0.1) is 12.6 Å². The van der Waals surface area contributed by atoms with Gasteiger partial charge in [-0.05, 0) is 43.6 Å². The van der Waals surface area contributed by atoms with E-state index in [1.807, 2.05) is 24.3 Å². The fourth-order valence-corrected chi connectivity index (χ4v) is 3.09. The number of carbonyl (C=O) groups is 2. The zero-order chi connectivity index (χ0) is 18.2. The second kappa shape index (κ2) is 9.63. The Bertz CT molecular complexity index is 571. The second-order valence-electron chi connectivity index (χ2n) is 6.52. The van der Waals surface area contributed by atoms with E-state index in [0.717, 1.165) is 18.7 Å². The number of benzene rings is 1. The monoisotopic (exact) mass is 366 g/mol. The Kier molecular flexibility index (Phi) is 7.52. The first-order chi connectivity index (χ1) is 12.0. The molecule has 0 bridgehead atoms. The molecule has 1 heterocycles. The number of hydrogen-bond acceptors (Lipinski definition) is 3. The summed E-state index contributed by atoms with van der Waals surface area (Å²) in [6, 6.07) is 7.63. The predicted octanol–water partition coefficient (Wildman–Crippen LogP) is 2.25. The summed E-state index contributed by atoms with van der Waals surface area (Å²) in [6.45, 7) is 2.55. The van der Waals surface area contributed by atoms with Crippen LogP contribution < -0.4 is 10.6 Å². The molecule has 1 saturated heterocycles. The molecule has 0 spiro atoms. The van der Waals surface area contributed by atoms with Crippen molar-refractivity contribution in [2.45, 2.75) is 25.3 Å². The van der Waals surface area contributed by atoms with E-state index in [0.29, 0.717) is 11.6 Å². The molecule has 1 fully saturated rings. The van der Waals surface area contributed by atoms with Crippen LogP contribution in [0.5, 0.6) is 0 Å². The van der Waals surface area contributed by atoms with E-state index >= 15 is 0 Å². The van der Waals surface area contributed by atoms with E-state index in [9.17, 15) is 9.59 Å². The number of halogens is 1. The highest BCUT2D eigenvalue weighted by Crippen LogP contribution is 2.25. The molecule has 1 atom stereocenters. The van der Waals surface area contributed by atoms with Crippen LogP contribution in [-0.2, 0) is 4.79 Å². The van der Waals surface area contributed by atoms with Crippen molar-refractivity contribution in [3.8, 4) is 0 Å². The fourth-order valence-electron chi connectivity index (χ4n) is 2.96. The van der Waals surface area contributed by atoms with Crippen LogP contribution in [-0.4, -0.2) is 62.0 Å². The Morgan fingerprint density at radius 1 is 1.12 bits per heavy atom. The third kappa shape index (κ3) is 6.21. The first-order valence-electron chi connectivity index (χ1n) is 8.68. The van der Waals surface area contributed by atoms with Crippen molar-refractivity contribution >= 4 is 23.5 Å². The lowest BCUT2D eigenvalue weighted by atomic mass is 10.0. The highest BCUT2D eigenvalue weighted by Gasteiger charge is 2.23. The smallest absolute Gasteiger partial charge is 0.317 e. The van der Waals surface area contributed by atoms with E-state index in [1.165, 1.54) is 24.2 Å². The van der Waals surface area contributed by atoms with E-state index in [4.69, 9.17) is 11.6 Å². The van der Waals surface area contributed by atoms with Crippen molar-refractivity contribution < 1.29 is 9.59 Å². The minimum absolute atomic E-state index is 0.0235. The third-order valence-corrected chi connectivity index (χ3v) is 4.64. The Morgan fingerprint density at radius 2 is 1.76 bits per heavy atom. The zero-order valence-electron chi connectivity index (χ0n) is 14.9. The molecular weight excluding hydrogens is 340 g/mol. The molecule has 0 aliphatic carbocycles. The summed E-state index contributed by atoms with van der Waals surface area (Å²) in [7, 11) is 3.28. The van der Waals surface area contributed by atoms with E-state index < -0.39 is 0 Å². The van der Waals surface area contributed by atoms with Gasteiger partial charge in [-0.1, -0.05) is 30.2 Å². The van der Waals surface area contributed by atoms with Crippen molar-refractivity contribution in [3.63, 3.8) is 0 Å². The molecule has 0 aromatic heterocycles. The molecule has 2 N–H and O–H groups in total. The van der Waals surface area contributed by atoms with Crippen LogP contribution in [0.4, 0.5) is 4.79 Å². The van der Waals surface area contributed by atoms with Gasteiger partial charge in [-0.15, -0.1) is 0 Å². The van der Waals surface area contributed by atoms with Crippen LogP contribution in [0.2, 0.25) is 5.02 Å². The van der Waals surface area contributed by atoms with Crippen LogP contribution in [0.3, 0.4) is 0 Å². The number of urea groups is 1. The summed E-state index contributed by atoms with van der Waals surface area (Å²) in [6.07, 6.45) is 3.61. The average Bonchev–Trinajstić information content (AvgIpc) is 2.62. The summed E-state index contributed by atoms with van der Waals surface area (Å²) in [5.41, 5.74) is 1.14. The zero-order valence-corrected chi connectivity index (χ0v) is 15.7. The Morgan fingerprint density at radius 3 is 2.36 bits per heavy atom. The normalized spacial score (nSPS) is 16.1. The van der Waals surface area contributed by atoms with Crippen molar-refractivity contribution in [1.82, 2.24) is 20.4 Å². The predicted molar refractivity (Wildman–Crippen MR) is 99.7 cm³/mol. The molecule has 25 heavy (non-hydrogen) atoms. The fraction of sp³-hybridized carbons (Fsp3) is 0.556. The largest absolute Gasteiger partial charge is 0.353 e. The van der Waals surface area contributed by atoms with Crippen molar-refractivity contribution in [2.75, 3.05) is 40.3 Å². The van der Waals surface area contributed by atoms with Crippen LogP contribution in [0, 0.1) is 0 Å².